The number of benzene rings is 1. The summed E-state index contributed by atoms with van der Waals surface area (Å²) in [6.45, 7) is 4.36. The Balaban J connectivity index is 2.34. The lowest BCUT2D eigenvalue weighted by Crippen LogP contribution is -2.43. The maximum absolute atomic E-state index is 8.73. The van der Waals surface area contributed by atoms with E-state index in [0.717, 1.165) is 12.8 Å². The van der Waals surface area contributed by atoms with Crippen LogP contribution in [-0.4, -0.2) is 5.54 Å². The fourth-order valence-electron chi connectivity index (χ4n) is 2.01. The molecule has 1 aliphatic carbocycles. The van der Waals surface area contributed by atoms with Crippen molar-refractivity contribution in [3.05, 3.63) is 35.4 Å². The van der Waals surface area contributed by atoms with Crippen LogP contribution < -0.4 is 5.73 Å². The molecule has 1 aromatic carbocycles. The molecule has 0 amide bonds. The van der Waals surface area contributed by atoms with Crippen LogP contribution in [0.25, 0.3) is 0 Å². The van der Waals surface area contributed by atoms with E-state index in [1.165, 1.54) is 5.56 Å². The summed E-state index contributed by atoms with van der Waals surface area (Å²) < 4.78 is 0. The highest BCUT2D eigenvalue weighted by atomic mass is 14.9. The summed E-state index contributed by atoms with van der Waals surface area (Å²) in [4.78, 5) is 0. The zero-order valence-corrected chi connectivity index (χ0v) is 9.25. The van der Waals surface area contributed by atoms with Gasteiger partial charge in [-0.15, -0.1) is 0 Å². The van der Waals surface area contributed by atoms with Gasteiger partial charge in [0.15, 0.2) is 0 Å². The SMILES string of the molecule is CC(C)(c1ccc(C#N)cc1)C1(N)CC1. The fourth-order valence-corrected chi connectivity index (χ4v) is 2.01. The van der Waals surface area contributed by atoms with E-state index >= 15 is 0 Å². The molecule has 0 spiro atoms. The Kier molecular flexibility index (Phi) is 2.09. The lowest BCUT2D eigenvalue weighted by atomic mass is 9.76. The summed E-state index contributed by atoms with van der Waals surface area (Å²) >= 11 is 0. The first kappa shape index (κ1) is 10.2. The predicted octanol–water partition coefficient (Wildman–Crippen LogP) is 2.33. The number of hydrogen-bond acceptors (Lipinski definition) is 2. The topological polar surface area (TPSA) is 49.8 Å². The Labute approximate surface area is 90.7 Å². The highest BCUT2D eigenvalue weighted by Crippen LogP contribution is 2.48. The van der Waals surface area contributed by atoms with Gasteiger partial charge in [-0.1, -0.05) is 26.0 Å². The van der Waals surface area contributed by atoms with Crippen molar-refractivity contribution in [3.8, 4) is 6.07 Å². The van der Waals surface area contributed by atoms with Crippen molar-refractivity contribution >= 4 is 0 Å². The molecule has 0 heterocycles. The van der Waals surface area contributed by atoms with Crippen molar-refractivity contribution in [2.45, 2.75) is 37.6 Å². The second-order valence-electron chi connectivity index (χ2n) is 4.97. The van der Waals surface area contributed by atoms with E-state index in [1.54, 1.807) is 0 Å². The molecule has 0 unspecified atom stereocenters. The van der Waals surface area contributed by atoms with Crippen LogP contribution >= 0.6 is 0 Å². The Morgan fingerprint density at radius 2 is 1.80 bits per heavy atom. The van der Waals surface area contributed by atoms with E-state index in [4.69, 9.17) is 11.0 Å². The molecule has 1 fully saturated rings. The summed E-state index contributed by atoms with van der Waals surface area (Å²) in [6.07, 6.45) is 2.19. The fraction of sp³-hybridized carbons (Fsp3) is 0.462. The summed E-state index contributed by atoms with van der Waals surface area (Å²) in [7, 11) is 0. The lowest BCUT2D eigenvalue weighted by Gasteiger charge is -2.32. The van der Waals surface area contributed by atoms with Crippen molar-refractivity contribution < 1.29 is 0 Å². The molecular formula is C13H16N2. The molecule has 0 saturated heterocycles. The number of nitriles is 1. The van der Waals surface area contributed by atoms with Crippen molar-refractivity contribution in [1.82, 2.24) is 0 Å². The average Bonchev–Trinajstić information content (AvgIpc) is 2.98. The van der Waals surface area contributed by atoms with Gasteiger partial charge in [0, 0.05) is 11.0 Å². The molecule has 15 heavy (non-hydrogen) atoms. The van der Waals surface area contributed by atoms with Crippen LogP contribution in [0.2, 0.25) is 0 Å². The maximum atomic E-state index is 8.73. The minimum atomic E-state index is -0.0405. The summed E-state index contributed by atoms with van der Waals surface area (Å²) in [5, 5.41) is 8.73. The second-order valence-corrected chi connectivity index (χ2v) is 4.97. The first-order chi connectivity index (χ1) is 6.99. The molecule has 1 saturated carbocycles. The van der Waals surface area contributed by atoms with E-state index < -0.39 is 0 Å². The Bertz CT molecular complexity index is 405. The number of nitrogens with zero attached hydrogens (tertiary/aromatic N) is 1. The van der Waals surface area contributed by atoms with Crippen LogP contribution in [0, 0.1) is 11.3 Å². The van der Waals surface area contributed by atoms with E-state index in [1.807, 2.05) is 24.3 Å². The van der Waals surface area contributed by atoms with Crippen LogP contribution in [0.15, 0.2) is 24.3 Å². The first-order valence-electron chi connectivity index (χ1n) is 5.29. The van der Waals surface area contributed by atoms with Crippen molar-refractivity contribution in [2.24, 2.45) is 5.73 Å². The van der Waals surface area contributed by atoms with E-state index in [-0.39, 0.29) is 11.0 Å². The Morgan fingerprint density at radius 3 is 2.20 bits per heavy atom. The van der Waals surface area contributed by atoms with Gasteiger partial charge in [-0.2, -0.15) is 5.26 Å². The van der Waals surface area contributed by atoms with Gasteiger partial charge in [0.2, 0.25) is 0 Å². The van der Waals surface area contributed by atoms with Crippen LogP contribution in [0.1, 0.15) is 37.8 Å². The molecule has 1 aromatic rings. The summed E-state index contributed by atoms with van der Waals surface area (Å²) in [6, 6.07) is 9.90. The third-order valence-corrected chi connectivity index (χ3v) is 3.77. The number of nitrogens with two attached hydrogens (primary N) is 1. The number of hydrogen-bond donors (Lipinski definition) is 1. The van der Waals surface area contributed by atoms with Gasteiger partial charge in [0.05, 0.1) is 11.6 Å². The van der Waals surface area contributed by atoms with Crippen LogP contribution in [-0.2, 0) is 5.41 Å². The summed E-state index contributed by atoms with van der Waals surface area (Å²) in [5.41, 5.74) is 8.15. The molecule has 2 nitrogen and oxygen atoms in total. The molecule has 0 radical (unpaired) electrons. The lowest BCUT2D eigenvalue weighted by molar-refractivity contribution is 0.391. The zero-order valence-electron chi connectivity index (χ0n) is 9.25. The second kappa shape index (κ2) is 3.08. The van der Waals surface area contributed by atoms with Crippen LogP contribution in [0.5, 0.6) is 0 Å². The van der Waals surface area contributed by atoms with Gasteiger partial charge in [-0.3, -0.25) is 0 Å². The molecule has 0 aliphatic heterocycles. The first-order valence-corrected chi connectivity index (χ1v) is 5.29. The van der Waals surface area contributed by atoms with E-state index in [0.29, 0.717) is 5.56 Å². The van der Waals surface area contributed by atoms with Gasteiger partial charge < -0.3 is 5.73 Å². The standard InChI is InChI=1S/C13H16N2/c1-12(2,13(15)7-8-13)11-5-3-10(9-14)4-6-11/h3-6H,7-8,15H2,1-2H3. The molecule has 2 N–H and O–H groups in total. The largest absolute Gasteiger partial charge is 0.324 e. The molecular weight excluding hydrogens is 184 g/mol. The Hall–Kier alpha value is -1.33. The quantitative estimate of drug-likeness (QED) is 0.796. The zero-order chi connectivity index (χ0) is 11.1. The third kappa shape index (κ3) is 1.53. The highest BCUT2D eigenvalue weighted by molar-refractivity contribution is 5.38. The molecule has 2 rings (SSSR count). The molecule has 2 heteroatoms. The van der Waals surface area contributed by atoms with Gasteiger partial charge in [0.25, 0.3) is 0 Å². The molecule has 1 aliphatic rings. The average molecular weight is 200 g/mol. The highest BCUT2D eigenvalue weighted by Gasteiger charge is 2.51. The minimum Gasteiger partial charge on any atom is -0.324 e. The monoisotopic (exact) mass is 200 g/mol. The molecule has 78 valence electrons. The van der Waals surface area contributed by atoms with Crippen LogP contribution in [0.3, 0.4) is 0 Å². The number of rotatable bonds is 2. The van der Waals surface area contributed by atoms with Crippen molar-refractivity contribution in [3.63, 3.8) is 0 Å². The van der Waals surface area contributed by atoms with Crippen molar-refractivity contribution in [1.29, 1.82) is 5.26 Å². The normalized spacial score (nSPS) is 18.3. The minimum absolute atomic E-state index is 0.000978. The molecule has 0 aromatic heterocycles. The predicted molar refractivity (Wildman–Crippen MR) is 60.3 cm³/mol. The van der Waals surface area contributed by atoms with Gasteiger partial charge in [-0.05, 0) is 30.5 Å². The molecule has 0 bridgehead atoms. The van der Waals surface area contributed by atoms with Crippen LogP contribution in [0.4, 0.5) is 0 Å². The summed E-state index contributed by atoms with van der Waals surface area (Å²) in [5.74, 6) is 0. The van der Waals surface area contributed by atoms with Crippen molar-refractivity contribution in [2.75, 3.05) is 0 Å². The third-order valence-electron chi connectivity index (χ3n) is 3.77. The Morgan fingerprint density at radius 1 is 1.27 bits per heavy atom. The van der Waals surface area contributed by atoms with Gasteiger partial charge >= 0.3 is 0 Å². The van der Waals surface area contributed by atoms with Gasteiger partial charge in [0.1, 0.15) is 0 Å². The maximum Gasteiger partial charge on any atom is 0.0991 e. The smallest absolute Gasteiger partial charge is 0.0991 e. The van der Waals surface area contributed by atoms with Gasteiger partial charge in [-0.25, -0.2) is 0 Å². The van der Waals surface area contributed by atoms with E-state index in [9.17, 15) is 0 Å². The van der Waals surface area contributed by atoms with E-state index in [2.05, 4.69) is 19.9 Å². The molecule has 0 atom stereocenters.